The number of carbonyl (C=O) groups is 1. The number of pyridine rings is 1. The first-order valence-corrected chi connectivity index (χ1v) is 8.11. The number of aromatic nitrogens is 5. The van der Waals surface area contributed by atoms with Gasteiger partial charge in [0.25, 0.3) is 0 Å². The molecule has 0 radical (unpaired) electrons. The van der Waals surface area contributed by atoms with Gasteiger partial charge in [0.05, 0.1) is 31.4 Å². The summed E-state index contributed by atoms with van der Waals surface area (Å²) in [6.07, 6.45) is 5.82. The lowest BCUT2D eigenvalue weighted by molar-refractivity contribution is -0.114. The average molecular weight is 389 g/mol. The number of ether oxygens (including phenoxy) is 1. The van der Waals surface area contributed by atoms with Crippen molar-refractivity contribution in [1.29, 1.82) is 0 Å². The maximum atomic E-state index is 13.5. The van der Waals surface area contributed by atoms with Crippen LogP contribution >= 0.6 is 0 Å². The van der Waals surface area contributed by atoms with Crippen LogP contribution in [-0.4, -0.2) is 37.7 Å². The predicted molar refractivity (Wildman–Crippen MR) is 97.1 cm³/mol. The summed E-state index contributed by atoms with van der Waals surface area (Å²) < 4.78 is 33.7. The summed E-state index contributed by atoms with van der Waals surface area (Å²) in [5.41, 5.74) is 0.911. The number of nitrogens with one attached hydrogen (secondary N) is 2. The highest BCUT2D eigenvalue weighted by molar-refractivity contribution is 5.88. The highest BCUT2D eigenvalue weighted by Gasteiger charge is 2.28. The molecular formula is C17H17F2N7O2. The number of alkyl halides is 2. The van der Waals surface area contributed by atoms with E-state index in [1.54, 1.807) is 6.20 Å². The van der Waals surface area contributed by atoms with E-state index >= 15 is 0 Å². The Labute approximate surface area is 158 Å². The Balaban J connectivity index is 2.02. The van der Waals surface area contributed by atoms with E-state index < -0.39 is 11.7 Å². The number of carbonyl (C=O) groups excluding carboxylic acids is 1. The fourth-order valence-electron chi connectivity index (χ4n) is 2.30. The SMILES string of the molecule is COc1cnn(-c2cnc(NC(C)=O)cc2Nc2ccnc(C(C)(F)F)n2)c1. The monoisotopic (exact) mass is 389 g/mol. The number of hydrogen-bond acceptors (Lipinski definition) is 7. The molecule has 3 rings (SSSR count). The molecule has 1 amide bonds. The fourth-order valence-corrected chi connectivity index (χ4v) is 2.30. The van der Waals surface area contributed by atoms with Crippen molar-refractivity contribution in [2.24, 2.45) is 0 Å². The molecule has 0 aromatic carbocycles. The van der Waals surface area contributed by atoms with Gasteiger partial charge >= 0.3 is 5.92 Å². The zero-order valence-electron chi connectivity index (χ0n) is 15.3. The number of hydrogen-bond donors (Lipinski definition) is 2. The summed E-state index contributed by atoms with van der Waals surface area (Å²) in [5, 5.41) is 9.69. The maximum Gasteiger partial charge on any atom is 0.303 e. The molecule has 0 spiro atoms. The van der Waals surface area contributed by atoms with Crippen LogP contribution in [0.4, 0.5) is 26.1 Å². The van der Waals surface area contributed by atoms with E-state index in [1.165, 1.54) is 49.4 Å². The zero-order valence-corrected chi connectivity index (χ0v) is 15.3. The van der Waals surface area contributed by atoms with E-state index in [0.29, 0.717) is 17.1 Å². The molecule has 0 aliphatic rings. The van der Waals surface area contributed by atoms with Crippen molar-refractivity contribution in [1.82, 2.24) is 24.7 Å². The molecule has 0 aliphatic carbocycles. The second-order valence-electron chi connectivity index (χ2n) is 5.87. The lowest BCUT2D eigenvalue weighted by atomic mass is 10.3. The van der Waals surface area contributed by atoms with Crippen molar-refractivity contribution in [3.63, 3.8) is 0 Å². The van der Waals surface area contributed by atoms with Crippen LogP contribution in [0.5, 0.6) is 5.75 Å². The van der Waals surface area contributed by atoms with Crippen LogP contribution in [0.1, 0.15) is 19.7 Å². The lowest BCUT2D eigenvalue weighted by Crippen LogP contribution is -2.14. The number of rotatable bonds is 6. The second-order valence-corrected chi connectivity index (χ2v) is 5.87. The third kappa shape index (κ3) is 4.37. The Kier molecular flexibility index (Phi) is 5.16. The average Bonchev–Trinajstić information content (AvgIpc) is 3.10. The summed E-state index contributed by atoms with van der Waals surface area (Å²) in [6, 6.07) is 2.98. The van der Waals surface area contributed by atoms with E-state index in [2.05, 4.69) is 30.7 Å². The zero-order chi connectivity index (χ0) is 20.3. The molecule has 0 fully saturated rings. The molecule has 9 nitrogen and oxygen atoms in total. The van der Waals surface area contributed by atoms with E-state index in [4.69, 9.17) is 4.74 Å². The Morgan fingerprint density at radius 3 is 2.68 bits per heavy atom. The van der Waals surface area contributed by atoms with E-state index in [0.717, 1.165) is 6.92 Å². The van der Waals surface area contributed by atoms with Gasteiger partial charge in [-0.1, -0.05) is 0 Å². The number of halogens is 2. The minimum Gasteiger partial charge on any atom is -0.493 e. The topological polar surface area (TPSA) is 107 Å². The molecular weight excluding hydrogens is 372 g/mol. The largest absolute Gasteiger partial charge is 0.493 e. The minimum absolute atomic E-state index is 0.145. The van der Waals surface area contributed by atoms with Crippen molar-refractivity contribution in [3.8, 4) is 11.4 Å². The fraction of sp³-hybridized carbons (Fsp3) is 0.235. The van der Waals surface area contributed by atoms with Gasteiger partial charge in [-0.3, -0.25) is 4.79 Å². The molecule has 3 aromatic heterocycles. The third-order valence-corrected chi connectivity index (χ3v) is 3.54. The van der Waals surface area contributed by atoms with Crippen LogP contribution < -0.4 is 15.4 Å². The van der Waals surface area contributed by atoms with Crippen LogP contribution in [0, 0.1) is 0 Å². The molecule has 0 atom stereocenters. The molecule has 11 heteroatoms. The standard InChI is InChI=1S/C17H17F2N7O2/c1-10(27)23-15-6-12(13(8-21-15)26-9-11(28-3)7-22-26)24-14-4-5-20-16(25-14)17(2,18)19/h4-9H,1-3H3,(H2,20,21,23,24,25,27). The first kappa shape index (κ1) is 19.1. The smallest absolute Gasteiger partial charge is 0.303 e. The van der Waals surface area contributed by atoms with Crippen molar-refractivity contribution < 1.29 is 18.3 Å². The van der Waals surface area contributed by atoms with Crippen LogP contribution in [0.25, 0.3) is 5.69 Å². The molecule has 2 N–H and O–H groups in total. The van der Waals surface area contributed by atoms with Crippen LogP contribution in [-0.2, 0) is 10.7 Å². The molecule has 0 saturated heterocycles. The summed E-state index contributed by atoms with van der Waals surface area (Å²) in [4.78, 5) is 22.9. The van der Waals surface area contributed by atoms with Crippen molar-refractivity contribution in [2.45, 2.75) is 19.8 Å². The highest BCUT2D eigenvalue weighted by Crippen LogP contribution is 2.28. The number of amides is 1. The first-order chi connectivity index (χ1) is 13.3. The van der Waals surface area contributed by atoms with Crippen molar-refractivity contribution in [2.75, 3.05) is 17.7 Å². The second kappa shape index (κ2) is 7.55. The van der Waals surface area contributed by atoms with Crippen LogP contribution in [0.2, 0.25) is 0 Å². The summed E-state index contributed by atoms with van der Waals surface area (Å²) in [6.45, 7) is 2.07. The van der Waals surface area contributed by atoms with Gasteiger partial charge < -0.3 is 15.4 Å². The number of anilines is 3. The van der Waals surface area contributed by atoms with Crippen molar-refractivity contribution in [3.05, 3.63) is 42.7 Å². The number of methoxy groups -OCH3 is 1. The molecule has 0 saturated carbocycles. The normalized spacial score (nSPS) is 11.2. The first-order valence-electron chi connectivity index (χ1n) is 8.11. The maximum absolute atomic E-state index is 13.5. The van der Waals surface area contributed by atoms with Gasteiger partial charge in [0.15, 0.2) is 5.75 Å². The molecule has 0 bridgehead atoms. The Morgan fingerprint density at radius 1 is 1.25 bits per heavy atom. The third-order valence-electron chi connectivity index (χ3n) is 3.54. The summed E-state index contributed by atoms with van der Waals surface area (Å²) in [5.74, 6) is -3.17. The molecule has 0 aliphatic heterocycles. The summed E-state index contributed by atoms with van der Waals surface area (Å²) in [7, 11) is 1.51. The van der Waals surface area contributed by atoms with Crippen LogP contribution in [0.15, 0.2) is 36.9 Å². The molecule has 28 heavy (non-hydrogen) atoms. The Morgan fingerprint density at radius 2 is 2.04 bits per heavy atom. The minimum atomic E-state index is -3.19. The van der Waals surface area contributed by atoms with Crippen LogP contribution in [0.3, 0.4) is 0 Å². The molecule has 0 unspecified atom stereocenters. The predicted octanol–water partition coefficient (Wildman–Crippen LogP) is 2.88. The summed E-state index contributed by atoms with van der Waals surface area (Å²) >= 11 is 0. The quantitative estimate of drug-likeness (QED) is 0.667. The van der Waals surface area contributed by atoms with Gasteiger partial charge in [-0.25, -0.2) is 19.6 Å². The Hall–Kier alpha value is -3.63. The van der Waals surface area contributed by atoms with E-state index in [9.17, 15) is 13.6 Å². The van der Waals surface area contributed by atoms with E-state index in [-0.39, 0.29) is 17.5 Å². The van der Waals surface area contributed by atoms with E-state index in [1.807, 2.05) is 0 Å². The van der Waals surface area contributed by atoms with Gasteiger partial charge in [0.2, 0.25) is 11.7 Å². The molecule has 146 valence electrons. The van der Waals surface area contributed by atoms with Gasteiger partial charge in [0, 0.05) is 26.1 Å². The van der Waals surface area contributed by atoms with Gasteiger partial charge in [-0.05, 0) is 6.07 Å². The Bertz CT molecular complexity index is 1000. The van der Waals surface area contributed by atoms with Gasteiger partial charge in [0.1, 0.15) is 17.3 Å². The molecule has 3 aromatic rings. The lowest BCUT2D eigenvalue weighted by Gasteiger charge is -2.14. The highest BCUT2D eigenvalue weighted by atomic mass is 19.3. The number of nitrogens with zero attached hydrogens (tertiary/aromatic N) is 5. The van der Waals surface area contributed by atoms with Gasteiger partial charge in [-0.15, -0.1) is 0 Å². The van der Waals surface area contributed by atoms with Crippen molar-refractivity contribution >= 4 is 23.2 Å². The van der Waals surface area contributed by atoms with Gasteiger partial charge in [-0.2, -0.15) is 13.9 Å². The molecule has 3 heterocycles.